The largest absolute Gasteiger partial charge is 0.301 e. The molecule has 7 heteroatoms. The van der Waals surface area contributed by atoms with Gasteiger partial charge in [0.05, 0.1) is 12.2 Å². The topological polar surface area (TPSA) is 80.2 Å². The van der Waals surface area contributed by atoms with E-state index < -0.39 is 17.3 Å². The first kappa shape index (κ1) is 14.4. The van der Waals surface area contributed by atoms with Gasteiger partial charge in [-0.25, -0.2) is 4.39 Å². The van der Waals surface area contributed by atoms with Gasteiger partial charge in [0, 0.05) is 6.07 Å². The SMILES string of the molecule is O=CCn1c(C(=O)NNc2ccc(F)cc2)cccc1=O. The summed E-state index contributed by atoms with van der Waals surface area (Å²) in [5, 5.41) is 0. The molecule has 1 aromatic carbocycles. The summed E-state index contributed by atoms with van der Waals surface area (Å²) in [5.74, 6) is -0.978. The highest BCUT2D eigenvalue weighted by Gasteiger charge is 2.11. The van der Waals surface area contributed by atoms with Crippen LogP contribution < -0.4 is 16.4 Å². The molecule has 0 atom stereocenters. The third-order valence-electron chi connectivity index (χ3n) is 2.70. The van der Waals surface area contributed by atoms with Gasteiger partial charge in [-0.15, -0.1) is 0 Å². The first-order valence-corrected chi connectivity index (χ1v) is 6.07. The molecule has 0 unspecified atom stereocenters. The molecule has 21 heavy (non-hydrogen) atoms. The Hall–Kier alpha value is -2.96. The van der Waals surface area contributed by atoms with Crippen molar-refractivity contribution in [3.63, 3.8) is 0 Å². The molecule has 0 spiro atoms. The molecule has 0 aliphatic carbocycles. The number of benzene rings is 1. The first-order chi connectivity index (χ1) is 10.1. The normalized spacial score (nSPS) is 9.95. The third kappa shape index (κ3) is 3.53. The predicted octanol–water partition coefficient (Wildman–Crippen LogP) is 0.943. The lowest BCUT2D eigenvalue weighted by Gasteiger charge is -2.11. The van der Waals surface area contributed by atoms with Crippen molar-refractivity contribution in [2.75, 3.05) is 5.43 Å². The smallest absolute Gasteiger partial charge is 0.286 e. The Morgan fingerprint density at radius 2 is 1.90 bits per heavy atom. The quantitative estimate of drug-likeness (QED) is 0.634. The van der Waals surface area contributed by atoms with Crippen molar-refractivity contribution in [3.05, 3.63) is 64.3 Å². The molecule has 0 aliphatic heterocycles. The lowest BCUT2D eigenvalue weighted by molar-refractivity contribution is -0.108. The molecule has 0 fully saturated rings. The van der Waals surface area contributed by atoms with Crippen LogP contribution in [-0.2, 0) is 11.3 Å². The Balaban J connectivity index is 2.13. The molecule has 6 nitrogen and oxygen atoms in total. The van der Waals surface area contributed by atoms with Crippen LogP contribution in [0.5, 0.6) is 0 Å². The summed E-state index contributed by atoms with van der Waals surface area (Å²) in [6.07, 6.45) is 0.533. The van der Waals surface area contributed by atoms with Gasteiger partial charge in [-0.1, -0.05) is 6.07 Å². The maximum Gasteiger partial charge on any atom is 0.286 e. The van der Waals surface area contributed by atoms with E-state index in [4.69, 9.17) is 0 Å². The van der Waals surface area contributed by atoms with E-state index in [1.165, 1.54) is 42.5 Å². The Morgan fingerprint density at radius 1 is 1.19 bits per heavy atom. The molecular weight excluding hydrogens is 277 g/mol. The predicted molar refractivity (Wildman–Crippen MR) is 74.3 cm³/mol. The van der Waals surface area contributed by atoms with Crippen LogP contribution in [0.3, 0.4) is 0 Å². The molecule has 1 heterocycles. The number of carbonyl (C=O) groups excluding carboxylic acids is 2. The van der Waals surface area contributed by atoms with Crippen molar-refractivity contribution in [3.8, 4) is 0 Å². The monoisotopic (exact) mass is 289 g/mol. The summed E-state index contributed by atoms with van der Waals surface area (Å²) in [7, 11) is 0. The number of aromatic nitrogens is 1. The minimum absolute atomic E-state index is 0.0456. The van der Waals surface area contributed by atoms with E-state index in [-0.39, 0.29) is 12.2 Å². The number of hydrogen-bond donors (Lipinski definition) is 2. The van der Waals surface area contributed by atoms with E-state index in [0.29, 0.717) is 12.0 Å². The molecule has 1 amide bonds. The maximum absolute atomic E-state index is 12.7. The van der Waals surface area contributed by atoms with Crippen LogP contribution in [0.15, 0.2) is 47.3 Å². The number of aldehydes is 1. The lowest BCUT2D eigenvalue weighted by Crippen LogP contribution is -2.35. The summed E-state index contributed by atoms with van der Waals surface area (Å²) >= 11 is 0. The molecule has 0 aliphatic rings. The highest BCUT2D eigenvalue weighted by atomic mass is 19.1. The standard InChI is InChI=1S/C14H12FN3O3/c15-10-4-6-11(7-5-10)16-17-14(21)12-2-1-3-13(20)18(12)8-9-19/h1-7,9,16H,8H2,(H,17,21). The lowest BCUT2D eigenvalue weighted by atomic mass is 10.3. The van der Waals surface area contributed by atoms with Crippen molar-refractivity contribution in [2.45, 2.75) is 6.54 Å². The van der Waals surface area contributed by atoms with Crippen LogP contribution >= 0.6 is 0 Å². The van der Waals surface area contributed by atoms with Crippen molar-refractivity contribution < 1.29 is 14.0 Å². The van der Waals surface area contributed by atoms with Gasteiger partial charge in [0.25, 0.3) is 11.5 Å². The Bertz CT molecular complexity index is 710. The average Bonchev–Trinajstić information content (AvgIpc) is 2.48. The van der Waals surface area contributed by atoms with Crippen molar-refractivity contribution in [2.24, 2.45) is 0 Å². The minimum Gasteiger partial charge on any atom is -0.301 e. The van der Waals surface area contributed by atoms with Crippen LogP contribution in [0.25, 0.3) is 0 Å². The molecule has 2 rings (SSSR count). The second-order valence-electron chi connectivity index (χ2n) is 4.11. The number of rotatable bonds is 5. The van der Waals surface area contributed by atoms with Crippen LogP contribution in [0.4, 0.5) is 10.1 Å². The summed E-state index contributed by atoms with van der Waals surface area (Å²) in [6.45, 7) is -0.209. The fourth-order valence-electron chi connectivity index (χ4n) is 1.71. The molecule has 1 aromatic heterocycles. The van der Waals surface area contributed by atoms with Crippen LogP contribution in [-0.4, -0.2) is 16.8 Å². The zero-order valence-corrected chi connectivity index (χ0v) is 10.9. The Morgan fingerprint density at radius 3 is 2.57 bits per heavy atom. The van der Waals surface area contributed by atoms with E-state index in [1.807, 2.05) is 0 Å². The summed E-state index contributed by atoms with van der Waals surface area (Å²) in [5.41, 5.74) is 5.04. The molecule has 0 radical (unpaired) electrons. The van der Waals surface area contributed by atoms with Gasteiger partial charge in [0.15, 0.2) is 0 Å². The fourth-order valence-corrected chi connectivity index (χ4v) is 1.71. The third-order valence-corrected chi connectivity index (χ3v) is 2.70. The van der Waals surface area contributed by atoms with Gasteiger partial charge in [-0.2, -0.15) is 0 Å². The Kier molecular flexibility index (Phi) is 4.45. The van der Waals surface area contributed by atoms with E-state index in [0.717, 1.165) is 4.57 Å². The first-order valence-electron chi connectivity index (χ1n) is 6.07. The molecule has 0 saturated carbocycles. The number of anilines is 1. The molecule has 108 valence electrons. The van der Waals surface area contributed by atoms with Gasteiger partial charge in [-0.3, -0.25) is 25.0 Å². The molecule has 2 N–H and O–H groups in total. The molecule has 0 saturated heterocycles. The Labute approximate surface area is 119 Å². The van der Waals surface area contributed by atoms with Gasteiger partial charge < -0.3 is 4.79 Å². The van der Waals surface area contributed by atoms with Crippen molar-refractivity contribution >= 4 is 17.9 Å². The fraction of sp³-hybridized carbons (Fsp3) is 0.0714. The number of hydrazine groups is 1. The average molecular weight is 289 g/mol. The van der Waals surface area contributed by atoms with E-state index in [9.17, 15) is 18.8 Å². The second-order valence-corrected chi connectivity index (χ2v) is 4.11. The van der Waals surface area contributed by atoms with E-state index in [2.05, 4.69) is 10.9 Å². The zero-order valence-electron chi connectivity index (χ0n) is 10.9. The van der Waals surface area contributed by atoms with E-state index in [1.54, 1.807) is 0 Å². The van der Waals surface area contributed by atoms with Crippen LogP contribution in [0, 0.1) is 5.82 Å². The number of halogens is 1. The number of hydrogen-bond acceptors (Lipinski definition) is 4. The molecule has 0 bridgehead atoms. The van der Waals surface area contributed by atoms with Gasteiger partial charge in [-0.05, 0) is 30.3 Å². The molecule has 2 aromatic rings. The second kappa shape index (κ2) is 6.47. The van der Waals surface area contributed by atoms with Crippen molar-refractivity contribution in [1.82, 2.24) is 9.99 Å². The number of nitrogens with one attached hydrogen (secondary N) is 2. The van der Waals surface area contributed by atoms with Crippen molar-refractivity contribution in [1.29, 1.82) is 0 Å². The van der Waals surface area contributed by atoms with Gasteiger partial charge >= 0.3 is 0 Å². The van der Waals surface area contributed by atoms with Crippen LogP contribution in [0.2, 0.25) is 0 Å². The zero-order chi connectivity index (χ0) is 15.2. The van der Waals surface area contributed by atoms with E-state index >= 15 is 0 Å². The summed E-state index contributed by atoms with van der Waals surface area (Å²) in [6, 6.07) is 9.47. The van der Waals surface area contributed by atoms with Crippen LogP contribution in [0.1, 0.15) is 10.5 Å². The summed E-state index contributed by atoms with van der Waals surface area (Å²) in [4.78, 5) is 34.2. The van der Waals surface area contributed by atoms with Gasteiger partial charge in [0.1, 0.15) is 17.8 Å². The minimum atomic E-state index is -0.584. The summed E-state index contributed by atoms with van der Waals surface area (Å²) < 4.78 is 13.8. The number of nitrogens with zero attached hydrogens (tertiary/aromatic N) is 1. The maximum atomic E-state index is 12.7. The molecular formula is C14H12FN3O3. The van der Waals surface area contributed by atoms with Gasteiger partial charge in [0.2, 0.25) is 0 Å². The number of carbonyl (C=O) groups is 2. The highest BCUT2D eigenvalue weighted by Crippen LogP contribution is 2.07. The highest BCUT2D eigenvalue weighted by molar-refractivity contribution is 5.93. The number of amides is 1. The number of pyridine rings is 1.